The van der Waals surface area contributed by atoms with Gasteiger partial charge in [-0.15, -0.1) is 0 Å². The first kappa shape index (κ1) is 17.3. The molecule has 2 saturated carbocycles. The zero-order valence-corrected chi connectivity index (χ0v) is 15.7. The van der Waals surface area contributed by atoms with Crippen LogP contribution in [0.25, 0.3) is 0 Å². The smallest absolute Gasteiger partial charge is 0.119 e. The molecule has 1 aromatic carbocycles. The molecule has 0 aromatic heterocycles. The van der Waals surface area contributed by atoms with Crippen molar-refractivity contribution in [1.29, 1.82) is 0 Å². The van der Waals surface area contributed by atoms with Crippen molar-refractivity contribution in [2.24, 2.45) is 23.7 Å². The van der Waals surface area contributed by atoms with Crippen molar-refractivity contribution in [1.82, 2.24) is 0 Å². The van der Waals surface area contributed by atoms with Gasteiger partial charge in [-0.2, -0.15) is 0 Å². The van der Waals surface area contributed by atoms with Crippen LogP contribution < -0.4 is 4.74 Å². The Morgan fingerprint density at radius 3 is 2.76 bits per heavy atom. The highest BCUT2D eigenvalue weighted by molar-refractivity contribution is 5.40. The Morgan fingerprint density at radius 1 is 1.16 bits per heavy atom. The van der Waals surface area contributed by atoms with Crippen LogP contribution in [0.15, 0.2) is 18.2 Å². The van der Waals surface area contributed by atoms with E-state index >= 15 is 0 Å². The molecule has 0 radical (unpaired) electrons. The first-order valence-corrected chi connectivity index (χ1v) is 10.0. The molecule has 3 aliphatic carbocycles. The zero-order chi connectivity index (χ0) is 17.6. The molecule has 0 heterocycles. The maximum absolute atomic E-state index is 14.5. The first-order valence-electron chi connectivity index (χ1n) is 10.0. The molecule has 7 atom stereocenters. The van der Waals surface area contributed by atoms with Crippen molar-refractivity contribution in [3.05, 3.63) is 29.3 Å². The number of fused-ring (bicyclic) bond motifs is 5. The SMILES string of the molecule is CCO[C@H]1C[C@@H](F)C[C@@H]2C1[C@H](C)C[C@@H]1c3ccc(OC)cc3CC[C@H]12. The van der Waals surface area contributed by atoms with Crippen LogP contribution in [0, 0.1) is 23.7 Å². The van der Waals surface area contributed by atoms with Gasteiger partial charge in [0.05, 0.1) is 13.2 Å². The normalized spacial score (nSPS) is 39.9. The lowest BCUT2D eigenvalue weighted by Gasteiger charge is -2.54. The molecule has 1 aromatic rings. The Kier molecular flexibility index (Phi) is 4.79. The summed E-state index contributed by atoms with van der Waals surface area (Å²) < 4.78 is 25.9. The van der Waals surface area contributed by atoms with E-state index in [4.69, 9.17) is 9.47 Å². The van der Waals surface area contributed by atoms with Crippen molar-refractivity contribution >= 4 is 0 Å². The monoisotopic (exact) mass is 346 g/mol. The molecule has 0 aliphatic heterocycles. The molecule has 3 aliphatic rings. The van der Waals surface area contributed by atoms with Gasteiger partial charge in [-0.25, -0.2) is 4.39 Å². The summed E-state index contributed by atoms with van der Waals surface area (Å²) in [6.45, 7) is 5.11. The number of ether oxygens (including phenoxy) is 2. The second-order valence-electron chi connectivity index (χ2n) is 8.39. The maximum Gasteiger partial charge on any atom is 0.119 e. The first-order chi connectivity index (χ1) is 12.1. The van der Waals surface area contributed by atoms with Crippen molar-refractivity contribution in [3.63, 3.8) is 0 Å². The molecule has 2 nitrogen and oxygen atoms in total. The van der Waals surface area contributed by atoms with E-state index in [1.165, 1.54) is 24.0 Å². The zero-order valence-electron chi connectivity index (χ0n) is 15.7. The minimum atomic E-state index is -0.694. The highest BCUT2D eigenvalue weighted by atomic mass is 19.1. The standard InChI is InChI=1S/C22H31FO2/c1-4-25-21-12-15(23)11-20-18-7-5-14-10-16(24-3)6-8-17(14)19(18)9-13(2)22(20)21/h6,8,10,13,15,18-22H,4-5,7,9,11-12H2,1-3H3/t13-,15+,18-,19-,20+,21+,22?/m1/s1. The lowest BCUT2D eigenvalue weighted by atomic mass is 9.53. The highest BCUT2D eigenvalue weighted by Gasteiger charge is 2.51. The predicted octanol–water partition coefficient (Wildman–Crippen LogP) is 5.15. The fraction of sp³-hybridized carbons (Fsp3) is 0.727. The Labute approximate surface area is 151 Å². The van der Waals surface area contributed by atoms with E-state index in [1.54, 1.807) is 7.11 Å². The van der Waals surface area contributed by atoms with Gasteiger partial charge in [-0.1, -0.05) is 13.0 Å². The molecule has 0 bridgehead atoms. The Balaban J connectivity index is 1.65. The van der Waals surface area contributed by atoms with E-state index in [2.05, 4.69) is 25.1 Å². The second kappa shape index (κ2) is 6.90. The topological polar surface area (TPSA) is 18.5 Å². The van der Waals surface area contributed by atoms with E-state index in [9.17, 15) is 4.39 Å². The largest absolute Gasteiger partial charge is 0.497 e. The summed E-state index contributed by atoms with van der Waals surface area (Å²) in [7, 11) is 1.73. The van der Waals surface area contributed by atoms with Gasteiger partial charge in [0, 0.05) is 13.0 Å². The van der Waals surface area contributed by atoms with Crippen LogP contribution in [0.2, 0.25) is 0 Å². The van der Waals surface area contributed by atoms with Gasteiger partial charge in [0.25, 0.3) is 0 Å². The van der Waals surface area contributed by atoms with Gasteiger partial charge in [0.1, 0.15) is 11.9 Å². The highest BCUT2D eigenvalue weighted by Crippen LogP contribution is 2.56. The van der Waals surface area contributed by atoms with Crippen LogP contribution in [0.5, 0.6) is 5.75 Å². The number of methoxy groups -OCH3 is 1. The molecule has 0 saturated heterocycles. The van der Waals surface area contributed by atoms with Crippen molar-refractivity contribution < 1.29 is 13.9 Å². The number of aryl methyl sites for hydroxylation is 1. The fourth-order valence-electron chi connectivity index (χ4n) is 6.29. The summed E-state index contributed by atoms with van der Waals surface area (Å²) in [4.78, 5) is 0. The Bertz CT molecular complexity index is 616. The van der Waals surface area contributed by atoms with Gasteiger partial charge >= 0.3 is 0 Å². The van der Waals surface area contributed by atoms with Gasteiger partial charge < -0.3 is 9.47 Å². The van der Waals surface area contributed by atoms with Gasteiger partial charge in [-0.05, 0) is 85.5 Å². The summed E-state index contributed by atoms with van der Waals surface area (Å²) in [5.74, 6) is 3.76. The van der Waals surface area contributed by atoms with Gasteiger partial charge in [0.15, 0.2) is 0 Å². The molecule has 0 amide bonds. The summed E-state index contributed by atoms with van der Waals surface area (Å²) in [6.07, 6.45) is 4.26. The molecule has 25 heavy (non-hydrogen) atoms. The van der Waals surface area contributed by atoms with E-state index in [-0.39, 0.29) is 6.10 Å². The molecular weight excluding hydrogens is 315 g/mol. The molecule has 4 rings (SSSR count). The molecule has 3 heteroatoms. The van der Waals surface area contributed by atoms with Gasteiger partial charge in [-0.3, -0.25) is 0 Å². The average molecular weight is 346 g/mol. The van der Waals surface area contributed by atoms with Gasteiger partial charge in [0.2, 0.25) is 0 Å². The third kappa shape index (κ3) is 2.99. The molecule has 0 spiro atoms. The predicted molar refractivity (Wildman–Crippen MR) is 97.9 cm³/mol. The molecule has 1 unspecified atom stereocenters. The van der Waals surface area contributed by atoms with E-state index in [0.29, 0.717) is 42.6 Å². The maximum atomic E-state index is 14.5. The number of hydrogen-bond acceptors (Lipinski definition) is 2. The number of benzene rings is 1. The number of halogens is 1. The summed E-state index contributed by atoms with van der Waals surface area (Å²) in [5, 5.41) is 0. The van der Waals surface area contributed by atoms with Crippen molar-refractivity contribution in [2.75, 3.05) is 13.7 Å². The van der Waals surface area contributed by atoms with Crippen LogP contribution in [0.1, 0.15) is 56.6 Å². The van der Waals surface area contributed by atoms with Crippen LogP contribution >= 0.6 is 0 Å². The van der Waals surface area contributed by atoms with Crippen LogP contribution in [-0.4, -0.2) is 26.0 Å². The second-order valence-corrected chi connectivity index (χ2v) is 8.39. The molecule has 2 fully saturated rings. The summed E-state index contributed by atoms with van der Waals surface area (Å²) in [5.41, 5.74) is 2.94. The van der Waals surface area contributed by atoms with Crippen molar-refractivity contribution in [3.8, 4) is 5.75 Å². The molecule has 0 N–H and O–H groups in total. The van der Waals surface area contributed by atoms with Crippen LogP contribution in [0.3, 0.4) is 0 Å². The average Bonchev–Trinajstić information content (AvgIpc) is 2.61. The molecular formula is C22H31FO2. The van der Waals surface area contributed by atoms with E-state index < -0.39 is 6.17 Å². The fourth-order valence-corrected chi connectivity index (χ4v) is 6.29. The minimum Gasteiger partial charge on any atom is -0.497 e. The lowest BCUT2D eigenvalue weighted by molar-refractivity contribution is -0.107. The Hall–Kier alpha value is -1.09. The number of alkyl halides is 1. The number of rotatable bonds is 3. The quantitative estimate of drug-likeness (QED) is 0.753. The third-order valence-electron chi connectivity index (χ3n) is 7.17. The van der Waals surface area contributed by atoms with Crippen LogP contribution in [0.4, 0.5) is 4.39 Å². The Morgan fingerprint density at radius 2 is 2.00 bits per heavy atom. The number of hydrogen-bond donors (Lipinski definition) is 0. The molecule has 138 valence electrons. The lowest BCUT2D eigenvalue weighted by Crippen LogP contribution is -2.50. The summed E-state index contributed by atoms with van der Waals surface area (Å²) in [6, 6.07) is 6.58. The third-order valence-corrected chi connectivity index (χ3v) is 7.17. The van der Waals surface area contributed by atoms with E-state index in [1.807, 2.05) is 6.92 Å². The van der Waals surface area contributed by atoms with E-state index in [0.717, 1.165) is 18.6 Å². The van der Waals surface area contributed by atoms with Crippen molar-refractivity contribution in [2.45, 2.75) is 64.1 Å². The van der Waals surface area contributed by atoms with Crippen LogP contribution in [-0.2, 0) is 11.2 Å². The summed E-state index contributed by atoms with van der Waals surface area (Å²) >= 11 is 0. The minimum absolute atomic E-state index is 0.118.